The fourth-order valence-corrected chi connectivity index (χ4v) is 6.42. The molecule has 4 aromatic heterocycles. The molecule has 0 radical (unpaired) electrons. The summed E-state index contributed by atoms with van der Waals surface area (Å²) in [5.41, 5.74) is 3.42. The van der Waals surface area contributed by atoms with Crippen LogP contribution in [0.3, 0.4) is 0 Å². The van der Waals surface area contributed by atoms with Crippen molar-refractivity contribution in [1.82, 2.24) is 39.3 Å². The second-order valence-electron chi connectivity index (χ2n) is 11.6. The minimum absolute atomic E-state index is 0.0455. The van der Waals surface area contributed by atoms with Gasteiger partial charge in [-0.05, 0) is 48.4 Å². The Morgan fingerprint density at radius 1 is 1.23 bits per heavy atom. The highest BCUT2D eigenvalue weighted by Crippen LogP contribution is 2.51. The fraction of sp³-hybridized carbons (Fsp3) is 0.483. The summed E-state index contributed by atoms with van der Waals surface area (Å²) < 4.78 is 17.7. The summed E-state index contributed by atoms with van der Waals surface area (Å²) in [4.78, 5) is 24.7. The molecule has 5 heterocycles. The molecule has 0 spiro atoms. The van der Waals surface area contributed by atoms with E-state index in [4.69, 9.17) is 0 Å². The van der Waals surface area contributed by atoms with Crippen LogP contribution in [0.25, 0.3) is 5.65 Å². The molecule has 1 saturated carbocycles. The predicted octanol–water partition coefficient (Wildman–Crippen LogP) is 3.55. The van der Waals surface area contributed by atoms with Gasteiger partial charge in [0.15, 0.2) is 0 Å². The van der Waals surface area contributed by atoms with Crippen molar-refractivity contribution in [2.45, 2.75) is 51.2 Å². The normalized spacial score (nSPS) is 25.1. The molecule has 0 aromatic carbocycles. The number of piperidine rings is 1. The standard InChI is InChI=1S/C29H36FN9O/c1-19-10-29(11-19,28-36-34-18-37(28)3)22-9-23(14-31-13-22)35-27(40)24-8-21(16-39-7-5-33-26(24)39)12-32-17-38-6-4-25(30)20(2)15-38/h5,7-9,13-14,16,18-20,25,32H,4,6,10-12,15,17H2,1-3H3,(H,35,40)/t19?,20-,25+,29?/m1/s1. The number of pyridine rings is 2. The minimum Gasteiger partial charge on any atom is -0.320 e. The van der Waals surface area contributed by atoms with Crippen molar-refractivity contribution in [1.29, 1.82) is 0 Å². The molecular weight excluding hydrogens is 509 g/mol. The molecule has 11 heteroatoms. The fourth-order valence-electron chi connectivity index (χ4n) is 6.42. The summed E-state index contributed by atoms with van der Waals surface area (Å²) in [5.74, 6) is 1.28. The number of nitrogens with zero attached hydrogens (tertiary/aromatic N) is 7. The molecule has 1 aliphatic heterocycles. The number of likely N-dealkylation sites (tertiary alicyclic amines) is 1. The first-order chi connectivity index (χ1) is 19.3. The monoisotopic (exact) mass is 545 g/mol. The van der Waals surface area contributed by atoms with Crippen molar-refractivity contribution in [2.24, 2.45) is 18.9 Å². The zero-order chi connectivity index (χ0) is 27.9. The van der Waals surface area contributed by atoms with Crippen LogP contribution in [0.1, 0.15) is 60.4 Å². The van der Waals surface area contributed by atoms with Crippen molar-refractivity contribution in [3.63, 3.8) is 0 Å². The number of hydrogen-bond acceptors (Lipinski definition) is 7. The molecule has 2 fully saturated rings. The third kappa shape index (κ3) is 4.99. The van der Waals surface area contributed by atoms with Crippen LogP contribution in [-0.2, 0) is 19.0 Å². The van der Waals surface area contributed by atoms with Gasteiger partial charge in [-0.3, -0.25) is 14.7 Å². The van der Waals surface area contributed by atoms with E-state index in [0.29, 0.717) is 42.5 Å². The molecule has 10 nitrogen and oxygen atoms in total. The third-order valence-electron chi connectivity index (χ3n) is 8.42. The number of rotatable bonds is 8. The van der Waals surface area contributed by atoms with Gasteiger partial charge in [0.2, 0.25) is 0 Å². The maximum atomic E-state index is 13.8. The predicted molar refractivity (Wildman–Crippen MR) is 150 cm³/mol. The number of halogens is 1. The van der Waals surface area contributed by atoms with Crippen molar-refractivity contribution in [3.05, 3.63) is 72.0 Å². The van der Waals surface area contributed by atoms with Crippen LogP contribution >= 0.6 is 0 Å². The Hall–Kier alpha value is -3.70. The van der Waals surface area contributed by atoms with Crippen LogP contribution in [0.15, 0.2) is 49.4 Å². The van der Waals surface area contributed by atoms with E-state index in [0.717, 1.165) is 42.9 Å². The van der Waals surface area contributed by atoms with Crippen LogP contribution in [0, 0.1) is 11.8 Å². The second kappa shape index (κ2) is 10.7. The number of nitrogens with one attached hydrogen (secondary N) is 2. The summed E-state index contributed by atoms with van der Waals surface area (Å²) in [6.45, 7) is 6.93. The van der Waals surface area contributed by atoms with Crippen molar-refractivity contribution < 1.29 is 9.18 Å². The molecule has 2 N–H and O–H groups in total. The SMILES string of the molecule is CC1CC(c2cncc(NC(=O)c3cc(CNCN4CC[C@H](F)[C@H](C)C4)cn4ccnc34)c2)(c2nncn2C)C1. The second-order valence-corrected chi connectivity index (χ2v) is 11.6. The number of imidazole rings is 1. The van der Waals surface area contributed by atoms with Crippen LogP contribution in [0.5, 0.6) is 0 Å². The molecule has 210 valence electrons. The van der Waals surface area contributed by atoms with Crippen LogP contribution in [0.4, 0.5) is 10.1 Å². The molecule has 40 heavy (non-hydrogen) atoms. The molecular formula is C29H36FN9O. The Morgan fingerprint density at radius 3 is 2.83 bits per heavy atom. The average Bonchev–Trinajstić information content (AvgIpc) is 3.57. The highest BCUT2D eigenvalue weighted by Gasteiger charge is 2.48. The Balaban J connectivity index is 1.19. The van der Waals surface area contributed by atoms with Gasteiger partial charge in [0.25, 0.3) is 5.91 Å². The lowest BCUT2D eigenvalue weighted by molar-refractivity contribution is 0.0913. The maximum Gasteiger partial charge on any atom is 0.259 e. The maximum absolute atomic E-state index is 13.8. The van der Waals surface area contributed by atoms with E-state index in [1.54, 1.807) is 18.7 Å². The van der Waals surface area contributed by atoms with Gasteiger partial charge in [0.1, 0.15) is 24.0 Å². The number of carbonyl (C=O) groups excluding carboxylic acids is 1. The van der Waals surface area contributed by atoms with E-state index in [9.17, 15) is 9.18 Å². The van der Waals surface area contributed by atoms with Gasteiger partial charge in [-0.1, -0.05) is 13.8 Å². The first-order valence-corrected chi connectivity index (χ1v) is 14.0. The molecule has 0 unspecified atom stereocenters. The molecule has 1 amide bonds. The van der Waals surface area contributed by atoms with Crippen molar-refractivity contribution >= 4 is 17.2 Å². The van der Waals surface area contributed by atoms with E-state index >= 15 is 0 Å². The number of amides is 1. The largest absolute Gasteiger partial charge is 0.320 e. The van der Waals surface area contributed by atoms with E-state index in [1.807, 2.05) is 53.7 Å². The van der Waals surface area contributed by atoms with Crippen LogP contribution in [0.2, 0.25) is 0 Å². The summed E-state index contributed by atoms with van der Waals surface area (Å²) in [6, 6.07) is 3.88. The van der Waals surface area contributed by atoms with Gasteiger partial charge < -0.3 is 19.6 Å². The lowest BCUT2D eigenvalue weighted by atomic mass is 9.59. The van der Waals surface area contributed by atoms with Gasteiger partial charge in [-0.2, -0.15) is 0 Å². The third-order valence-corrected chi connectivity index (χ3v) is 8.42. The Bertz CT molecular complexity index is 1510. The van der Waals surface area contributed by atoms with E-state index < -0.39 is 6.17 Å². The number of anilines is 1. The number of alkyl halides is 1. The van der Waals surface area contributed by atoms with Crippen molar-refractivity contribution in [3.8, 4) is 0 Å². The summed E-state index contributed by atoms with van der Waals surface area (Å²) >= 11 is 0. The first kappa shape index (κ1) is 26.5. The molecule has 2 aliphatic rings. The number of carbonyl (C=O) groups is 1. The topological polar surface area (TPSA) is 105 Å². The van der Waals surface area contributed by atoms with Crippen molar-refractivity contribution in [2.75, 3.05) is 25.1 Å². The Labute approximate surface area is 233 Å². The molecule has 1 aliphatic carbocycles. The Kier molecular flexibility index (Phi) is 7.09. The minimum atomic E-state index is -0.716. The summed E-state index contributed by atoms with van der Waals surface area (Å²) in [7, 11) is 1.96. The molecule has 0 bridgehead atoms. The quantitative estimate of drug-likeness (QED) is 0.349. The number of hydrogen-bond donors (Lipinski definition) is 2. The highest BCUT2D eigenvalue weighted by atomic mass is 19.1. The molecule has 1 saturated heterocycles. The van der Waals surface area contributed by atoms with E-state index in [1.165, 1.54) is 0 Å². The number of aromatic nitrogens is 6. The van der Waals surface area contributed by atoms with Gasteiger partial charge in [-0.15, -0.1) is 10.2 Å². The highest BCUT2D eigenvalue weighted by molar-refractivity contribution is 6.08. The summed E-state index contributed by atoms with van der Waals surface area (Å²) in [5, 5.41) is 15.0. The molecule has 4 aromatic rings. The van der Waals surface area contributed by atoms with Gasteiger partial charge in [0.05, 0.1) is 22.9 Å². The smallest absolute Gasteiger partial charge is 0.259 e. The lowest BCUT2D eigenvalue weighted by Gasteiger charge is -2.45. The average molecular weight is 546 g/mol. The van der Waals surface area contributed by atoms with Gasteiger partial charge in [0, 0.05) is 64.1 Å². The zero-order valence-electron chi connectivity index (χ0n) is 23.2. The van der Waals surface area contributed by atoms with E-state index in [2.05, 4.69) is 42.6 Å². The molecule has 6 rings (SSSR count). The lowest BCUT2D eigenvalue weighted by Crippen LogP contribution is -2.44. The van der Waals surface area contributed by atoms with Gasteiger partial charge >= 0.3 is 0 Å². The molecule has 2 atom stereocenters. The summed E-state index contributed by atoms with van der Waals surface area (Å²) in [6.07, 6.45) is 12.5. The van der Waals surface area contributed by atoms with Gasteiger partial charge in [-0.25, -0.2) is 9.37 Å². The number of fused-ring (bicyclic) bond motifs is 1. The Morgan fingerprint density at radius 2 is 2.08 bits per heavy atom. The van der Waals surface area contributed by atoms with E-state index in [-0.39, 0.29) is 17.2 Å². The zero-order valence-corrected chi connectivity index (χ0v) is 23.2. The first-order valence-electron chi connectivity index (χ1n) is 14.0. The van der Waals surface area contributed by atoms with Crippen LogP contribution in [-0.4, -0.2) is 65.9 Å². The number of aryl methyl sites for hydroxylation is 1. The van der Waals surface area contributed by atoms with Crippen LogP contribution < -0.4 is 10.6 Å².